The number of amides is 2. The van der Waals surface area contributed by atoms with Crippen LogP contribution in [0.4, 0.5) is 0 Å². The van der Waals surface area contributed by atoms with E-state index in [0.29, 0.717) is 5.06 Å². The van der Waals surface area contributed by atoms with Gasteiger partial charge in [0.25, 0.3) is 11.8 Å². The van der Waals surface area contributed by atoms with E-state index in [-0.39, 0.29) is 29.3 Å². The van der Waals surface area contributed by atoms with Gasteiger partial charge in [0.05, 0.1) is 17.3 Å². The number of imidazole rings is 1. The maximum Gasteiger partial charge on any atom is 0.356 e. The summed E-state index contributed by atoms with van der Waals surface area (Å²) in [4.78, 5) is 48.0. The normalized spacial score (nSPS) is 12.7. The molecule has 1 aliphatic rings. The van der Waals surface area contributed by atoms with Crippen molar-refractivity contribution in [1.29, 1.82) is 0 Å². The van der Waals surface area contributed by atoms with Gasteiger partial charge in [-0.3, -0.25) is 14.4 Å². The molecule has 0 fully saturated rings. The van der Waals surface area contributed by atoms with Crippen LogP contribution < -0.4 is 0 Å². The number of carbonyl (C=O) groups is 3. The summed E-state index contributed by atoms with van der Waals surface area (Å²) in [6, 6.07) is 6.38. The van der Waals surface area contributed by atoms with Crippen LogP contribution in [0.15, 0.2) is 35.6 Å². The molecule has 11 nitrogen and oxygen atoms in total. The van der Waals surface area contributed by atoms with Gasteiger partial charge >= 0.3 is 5.97 Å². The zero-order valence-electron chi connectivity index (χ0n) is 13.5. The second-order valence-electron chi connectivity index (χ2n) is 5.13. The predicted molar refractivity (Wildman–Crippen MR) is 84.4 cm³/mol. The summed E-state index contributed by atoms with van der Waals surface area (Å²) in [6.45, 7) is -0.660. The molecule has 11 heteroatoms. The number of hydrogen-bond donors (Lipinski definition) is 0. The van der Waals surface area contributed by atoms with Crippen molar-refractivity contribution in [1.82, 2.24) is 14.6 Å². The Hall–Kier alpha value is -3.69. The predicted octanol–water partition coefficient (Wildman–Crippen LogP) is 1.57. The lowest BCUT2D eigenvalue weighted by molar-refractivity contribution is -0.103. The first-order valence-corrected chi connectivity index (χ1v) is 7.34. The lowest BCUT2D eigenvalue weighted by Gasteiger charge is -2.13. The topological polar surface area (TPSA) is 139 Å². The van der Waals surface area contributed by atoms with E-state index in [9.17, 15) is 14.4 Å². The quantitative estimate of drug-likeness (QED) is 0.253. The van der Waals surface area contributed by atoms with Crippen LogP contribution in [0, 0.1) is 0 Å². The molecule has 1 aromatic carbocycles. The summed E-state index contributed by atoms with van der Waals surface area (Å²) in [5, 5.41) is 3.77. The van der Waals surface area contributed by atoms with E-state index < -0.39 is 24.5 Å². The number of fused-ring (bicyclic) bond motifs is 1. The number of nitrogens with zero attached hydrogens (tertiary/aromatic N) is 6. The van der Waals surface area contributed by atoms with Gasteiger partial charge in [-0.2, -0.15) is 0 Å². The van der Waals surface area contributed by atoms with Crippen molar-refractivity contribution in [3.05, 3.63) is 63.6 Å². The highest BCUT2D eigenvalue weighted by molar-refractivity contribution is 6.20. The Balaban J connectivity index is 1.68. The van der Waals surface area contributed by atoms with Crippen molar-refractivity contribution in [2.75, 3.05) is 6.73 Å². The van der Waals surface area contributed by atoms with Crippen molar-refractivity contribution >= 4 is 17.8 Å². The van der Waals surface area contributed by atoms with Gasteiger partial charge in [0.2, 0.25) is 0 Å². The number of azide groups is 1. The SMILES string of the molecule is Cn1c(C(=O)OCN=[N+]=[N-])cnc1CON1C(=O)c2ccccc2C1=O. The molecule has 0 unspecified atom stereocenters. The Kier molecular flexibility index (Phi) is 4.65. The number of imide groups is 1. The first-order valence-electron chi connectivity index (χ1n) is 7.34. The van der Waals surface area contributed by atoms with Crippen LogP contribution in [-0.4, -0.2) is 39.1 Å². The fraction of sp³-hybridized carbons (Fsp3) is 0.200. The van der Waals surface area contributed by atoms with E-state index in [0.717, 1.165) is 0 Å². The largest absolute Gasteiger partial charge is 0.455 e. The molecule has 1 aliphatic heterocycles. The molecule has 0 bridgehead atoms. The van der Waals surface area contributed by atoms with Gasteiger partial charge in [0, 0.05) is 12.0 Å². The van der Waals surface area contributed by atoms with Crippen LogP contribution in [-0.2, 0) is 23.2 Å². The minimum atomic E-state index is -0.737. The number of carbonyl (C=O) groups excluding carboxylic acids is 3. The Morgan fingerprint density at radius 3 is 2.54 bits per heavy atom. The lowest BCUT2D eigenvalue weighted by atomic mass is 10.1. The molecule has 0 N–H and O–H groups in total. The molecule has 26 heavy (non-hydrogen) atoms. The van der Waals surface area contributed by atoms with E-state index in [1.54, 1.807) is 12.1 Å². The monoisotopic (exact) mass is 356 g/mol. The van der Waals surface area contributed by atoms with Crippen molar-refractivity contribution < 1.29 is 24.0 Å². The highest BCUT2D eigenvalue weighted by Crippen LogP contribution is 2.23. The number of hydrogen-bond acceptors (Lipinski definition) is 7. The average Bonchev–Trinajstić information content (AvgIpc) is 3.12. The molecule has 0 spiro atoms. The fourth-order valence-corrected chi connectivity index (χ4v) is 2.37. The molecule has 132 valence electrons. The van der Waals surface area contributed by atoms with Gasteiger partial charge in [-0.1, -0.05) is 17.2 Å². The smallest absolute Gasteiger partial charge is 0.356 e. The van der Waals surface area contributed by atoms with Crippen LogP contribution in [0.5, 0.6) is 0 Å². The van der Waals surface area contributed by atoms with Crippen molar-refractivity contribution in [3.8, 4) is 0 Å². The molecule has 2 aromatic rings. The zero-order chi connectivity index (χ0) is 18.7. The van der Waals surface area contributed by atoms with Crippen LogP contribution in [0.25, 0.3) is 10.4 Å². The summed E-state index contributed by atoms with van der Waals surface area (Å²) >= 11 is 0. The van der Waals surface area contributed by atoms with E-state index in [2.05, 4.69) is 15.0 Å². The Morgan fingerprint density at radius 1 is 1.27 bits per heavy atom. The van der Waals surface area contributed by atoms with Crippen LogP contribution in [0.2, 0.25) is 0 Å². The highest BCUT2D eigenvalue weighted by atomic mass is 16.7. The van der Waals surface area contributed by atoms with Crippen LogP contribution in [0.3, 0.4) is 0 Å². The average molecular weight is 356 g/mol. The van der Waals surface area contributed by atoms with Crippen molar-refractivity contribution in [3.63, 3.8) is 0 Å². The third-order valence-electron chi connectivity index (χ3n) is 3.69. The Morgan fingerprint density at radius 2 is 1.92 bits per heavy atom. The van der Waals surface area contributed by atoms with E-state index >= 15 is 0 Å². The zero-order valence-corrected chi connectivity index (χ0v) is 13.5. The first kappa shape index (κ1) is 17.1. The summed E-state index contributed by atoms with van der Waals surface area (Å²) in [5.74, 6) is -1.57. The van der Waals surface area contributed by atoms with Gasteiger partial charge in [-0.05, 0) is 17.7 Å². The Labute approximate surface area is 146 Å². The van der Waals surface area contributed by atoms with Crippen LogP contribution >= 0.6 is 0 Å². The molecule has 0 saturated carbocycles. The number of esters is 1. The molecule has 3 rings (SSSR count). The highest BCUT2D eigenvalue weighted by Gasteiger charge is 2.36. The molecule has 2 heterocycles. The summed E-state index contributed by atoms with van der Waals surface area (Å²) < 4.78 is 6.12. The summed E-state index contributed by atoms with van der Waals surface area (Å²) in [6.07, 6.45) is 1.25. The molecule has 0 atom stereocenters. The number of ether oxygens (including phenoxy) is 1. The Bertz CT molecular complexity index is 911. The van der Waals surface area contributed by atoms with E-state index in [4.69, 9.17) is 15.1 Å². The summed E-state index contributed by atoms with van der Waals surface area (Å²) in [5.41, 5.74) is 8.79. The molecule has 0 saturated heterocycles. The molecular weight excluding hydrogens is 344 g/mol. The first-order chi connectivity index (χ1) is 12.5. The molecule has 2 amide bonds. The fourth-order valence-electron chi connectivity index (χ4n) is 2.37. The van der Waals surface area contributed by atoms with Gasteiger partial charge in [0.1, 0.15) is 18.1 Å². The third-order valence-corrected chi connectivity index (χ3v) is 3.69. The summed E-state index contributed by atoms with van der Waals surface area (Å²) in [7, 11) is 1.54. The number of hydroxylamine groups is 2. The van der Waals surface area contributed by atoms with Crippen molar-refractivity contribution in [2.24, 2.45) is 12.2 Å². The minimum absolute atomic E-state index is 0.0964. The maximum atomic E-state index is 12.2. The number of benzene rings is 1. The molecule has 0 radical (unpaired) electrons. The number of rotatable bonds is 6. The molecule has 0 aliphatic carbocycles. The lowest BCUT2D eigenvalue weighted by Crippen LogP contribution is -2.30. The molecule has 1 aromatic heterocycles. The van der Waals surface area contributed by atoms with E-state index in [1.165, 1.54) is 29.9 Å². The minimum Gasteiger partial charge on any atom is -0.455 e. The van der Waals surface area contributed by atoms with Gasteiger partial charge in [-0.15, -0.1) is 5.06 Å². The van der Waals surface area contributed by atoms with E-state index in [1.807, 2.05) is 0 Å². The second-order valence-corrected chi connectivity index (χ2v) is 5.13. The second kappa shape index (κ2) is 7.05. The van der Waals surface area contributed by atoms with Gasteiger partial charge in [-0.25, -0.2) is 9.78 Å². The molecular formula is C15H12N6O5. The third kappa shape index (κ3) is 2.99. The standard InChI is InChI=1S/C15H12N6O5/c1-20-11(15(24)25-8-18-19-16)6-17-12(20)7-26-21-13(22)9-4-2-3-5-10(9)14(21)23/h2-6H,7-8H2,1H3. The van der Waals surface area contributed by atoms with Crippen LogP contribution in [0.1, 0.15) is 37.0 Å². The van der Waals surface area contributed by atoms with Gasteiger partial charge in [0.15, 0.2) is 6.73 Å². The number of aromatic nitrogens is 2. The maximum absolute atomic E-state index is 12.2. The van der Waals surface area contributed by atoms with Crippen molar-refractivity contribution in [2.45, 2.75) is 6.61 Å². The van der Waals surface area contributed by atoms with Gasteiger partial charge < -0.3 is 9.30 Å².